The summed E-state index contributed by atoms with van der Waals surface area (Å²) in [5.41, 5.74) is 6.02. The molecule has 2 heterocycles. The second-order valence-electron chi connectivity index (χ2n) is 3.25. The fourth-order valence-corrected chi connectivity index (χ4v) is 1.36. The molecular weight excluding hydrogens is 192 g/mol. The zero-order valence-electron chi connectivity index (χ0n) is 8.33. The molecule has 5 nitrogen and oxygen atoms in total. The highest BCUT2D eigenvalue weighted by Gasteiger charge is 2.19. The van der Waals surface area contributed by atoms with Crippen LogP contribution >= 0.6 is 0 Å². The molecule has 2 rings (SSSR count). The third-order valence-corrected chi connectivity index (χ3v) is 2.12. The second-order valence-corrected chi connectivity index (χ2v) is 3.25. The Bertz CT molecular complexity index is 427. The van der Waals surface area contributed by atoms with Crippen LogP contribution in [0, 0.1) is 6.92 Å². The van der Waals surface area contributed by atoms with Crippen molar-refractivity contribution < 1.29 is 5.11 Å². The molecular formula is C10H12N4O. The fourth-order valence-electron chi connectivity index (χ4n) is 1.36. The molecule has 1 aliphatic heterocycles. The largest absolute Gasteiger partial charge is 0.398 e. The molecule has 0 fully saturated rings. The van der Waals surface area contributed by atoms with Gasteiger partial charge in [-0.15, -0.1) is 0 Å². The molecule has 0 aliphatic carbocycles. The van der Waals surface area contributed by atoms with Crippen LogP contribution in [0.15, 0.2) is 36.3 Å². The number of aliphatic hydroxyl groups is 1. The minimum absolute atomic E-state index is 0.397. The van der Waals surface area contributed by atoms with Gasteiger partial charge in [0, 0.05) is 12.4 Å². The van der Waals surface area contributed by atoms with Gasteiger partial charge in [0.15, 0.2) is 6.23 Å². The van der Waals surface area contributed by atoms with E-state index in [0.717, 1.165) is 0 Å². The van der Waals surface area contributed by atoms with Crippen molar-refractivity contribution in [2.75, 3.05) is 4.90 Å². The number of nitrogens with zero attached hydrogens (tertiary/aromatic N) is 3. The minimum Gasteiger partial charge on any atom is -0.398 e. The maximum Gasteiger partial charge on any atom is 0.172 e. The predicted octanol–water partition coefficient (Wildman–Crippen LogP) is 0.280. The highest BCUT2D eigenvalue weighted by Crippen LogP contribution is 2.18. The van der Waals surface area contributed by atoms with E-state index in [1.807, 2.05) is 0 Å². The molecule has 3 N–H and O–H groups in total. The van der Waals surface area contributed by atoms with Crippen molar-refractivity contribution in [3.63, 3.8) is 0 Å². The molecule has 78 valence electrons. The van der Waals surface area contributed by atoms with Crippen molar-refractivity contribution in [3.8, 4) is 0 Å². The monoisotopic (exact) mass is 204 g/mol. The van der Waals surface area contributed by atoms with E-state index in [-0.39, 0.29) is 0 Å². The minimum atomic E-state index is -0.857. The van der Waals surface area contributed by atoms with E-state index < -0.39 is 6.23 Å². The fraction of sp³-hybridized carbons (Fsp3) is 0.200. The molecule has 5 heteroatoms. The number of hydrogen-bond acceptors (Lipinski definition) is 5. The first-order chi connectivity index (χ1) is 7.18. The van der Waals surface area contributed by atoms with Crippen LogP contribution < -0.4 is 10.6 Å². The molecule has 0 bridgehead atoms. The van der Waals surface area contributed by atoms with Crippen LogP contribution in [0.5, 0.6) is 0 Å². The summed E-state index contributed by atoms with van der Waals surface area (Å²) in [6.07, 6.45) is 5.94. The van der Waals surface area contributed by atoms with Crippen molar-refractivity contribution in [2.45, 2.75) is 13.2 Å². The maximum absolute atomic E-state index is 9.80. The smallest absolute Gasteiger partial charge is 0.172 e. The Morgan fingerprint density at radius 2 is 2.33 bits per heavy atom. The summed E-state index contributed by atoms with van der Waals surface area (Å²) >= 11 is 0. The van der Waals surface area contributed by atoms with E-state index in [9.17, 15) is 5.11 Å². The summed E-state index contributed by atoms with van der Waals surface area (Å²) in [6, 6.07) is 1.72. The third-order valence-electron chi connectivity index (χ3n) is 2.12. The average molecular weight is 204 g/mol. The van der Waals surface area contributed by atoms with Crippen LogP contribution in [0.1, 0.15) is 5.82 Å². The number of anilines is 1. The first-order valence-corrected chi connectivity index (χ1v) is 4.58. The van der Waals surface area contributed by atoms with Gasteiger partial charge in [-0.3, -0.25) is 0 Å². The number of hydrogen-bond donors (Lipinski definition) is 2. The van der Waals surface area contributed by atoms with Gasteiger partial charge in [0.25, 0.3) is 0 Å². The third kappa shape index (κ3) is 1.82. The van der Waals surface area contributed by atoms with Crippen molar-refractivity contribution in [3.05, 3.63) is 42.1 Å². The normalized spacial score (nSPS) is 20.3. The lowest BCUT2D eigenvalue weighted by Crippen LogP contribution is -2.37. The summed E-state index contributed by atoms with van der Waals surface area (Å²) < 4.78 is 0. The summed E-state index contributed by atoms with van der Waals surface area (Å²) in [5, 5.41) is 9.80. The summed E-state index contributed by atoms with van der Waals surface area (Å²) in [7, 11) is 0. The Balaban J connectivity index is 2.33. The van der Waals surface area contributed by atoms with Gasteiger partial charge in [-0.25, -0.2) is 9.97 Å². The zero-order valence-corrected chi connectivity index (χ0v) is 8.33. The van der Waals surface area contributed by atoms with Gasteiger partial charge in [0.2, 0.25) is 0 Å². The predicted molar refractivity (Wildman–Crippen MR) is 56.7 cm³/mol. The van der Waals surface area contributed by atoms with Crippen LogP contribution in [-0.2, 0) is 0 Å². The van der Waals surface area contributed by atoms with Crippen molar-refractivity contribution >= 4 is 5.82 Å². The van der Waals surface area contributed by atoms with Crippen LogP contribution in [0.2, 0.25) is 0 Å². The lowest BCUT2D eigenvalue weighted by Gasteiger charge is -2.27. The summed E-state index contributed by atoms with van der Waals surface area (Å²) in [5.74, 6) is 1.28. The van der Waals surface area contributed by atoms with Crippen LogP contribution in [-0.4, -0.2) is 21.3 Å². The second kappa shape index (κ2) is 3.70. The standard InChI is InChI=1S/C10H12N4O/c1-7-12-5-4-9(13-7)14-6-2-3-8(11)10(14)15/h2-6,10,15H,11H2,1H3. The first-order valence-electron chi connectivity index (χ1n) is 4.58. The molecule has 0 saturated heterocycles. The molecule has 0 amide bonds. The Morgan fingerprint density at radius 3 is 3.07 bits per heavy atom. The highest BCUT2D eigenvalue weighted by atomic mass is 16.3. The van der Waals surface area contributed by atoms with Crippen LogP contribution in [0.4, 0.5) is 5.82 Å². The van der Waals surface area contributed by atoms with Gasteiger partial charge in [-0.1, -0.05) is 0 Å². The molecule has 0 aromatic carbocycles. The van der Waals surface area contributed by atoms with E-state index in [4.69, 9.17) is 5.73 Å². The molecule has 0 radical (unpaired) electrons. The van der Waals surface area contributed by atoms with Crippen molar-refractivity contribution in [1.29, 1.82) is 0 Å². The molecule has 1 aliphatic rings. The first kappa shape index (κ1) is 9.67. The molecule has 1 atom stereocenters. The van der Waals surface area contributed by atoms with E-state index in [1.165, 1.54) is 0 Å². The Morgan fingerprint density at radius 1 is 1.53 bits per heavy atom. The number of aromatic nitrogens is 2. The SMILES string of the molecule is Cc1nccc(N2C=CC=C(N)C2O)n1. The zero-order chi connectivity index (χ0) is 10.8. The lowest BCUT2D eigenvalue weighted by atomic mass is 10.2. The van der Waals surface area contributed by atoms with Gasteiger partial charge < -0.3 is 15.7 Å². The number of aliphatic hydroxyl groups excluding tert-OH is 1. The quantitative estimate of drug-likeness (QED) is 0.687. The van der Waals surface area contributed by atoms with Gasteiger partial charge in [-0.05, 0) is 25.1 Å². The molecule has 15 heavy (non-hydrogen) atoms. The lowest BCUT2D eigenvalue weighted by molar-refractivity contribution is 0.211. The molecule has 0 saturated carbocycles. The maximum atomic E-state index is 9.80. The van der Waals surface area contributed by atoms with E-state index in [0.29, 0.717) is 17.3 Å². The Labute approximate surface area is 87.6 Å². The number of rotatable bonds is 1. The van der Waals surface area contributed by atoms with Crippen LogP contribution in [0.25, 0.3) is 0 Å². The molecule has 0 spiro atoms. The molecule has 1 unspecified atom stereocenters. The number of nitrogens with two attached hydrogens (primary N) is 1. The Kier molecular flexibility index (Phi) is 2.39. The van der Waals surface area contributed by atoms with Gasteiger partial charge in [0.1, 0.15) is 11.6 Å². The number of allylic oxidation sites excluding steroid dienone is 2. The van der Waals surface area contributed by atoms with Crippen LogP contribution in [0.3, 0.4) is 0 Å². The number of aryl methyl sites for hydroxylation is 1. The molecule has 1 aromatic rings. The van der Waals surface area contributed by atoms with E-state index in [1.54, 1.807) is 42.4 Å². The summed E-state index contributed by atoms with van der Waals surface area (Å²) in [6.45, 7) is 1.79. The van der Waals surface area contributed by atoms with Crippen molar-refractivity contribution in [2.24, 2.45) is 5.73 Å². The van der Waals surface area contributed by atoms with E-state index in [2.05, 4.69) is 9.97 Å². The average Bonchev–Trinajstić information content (AvgIpc) is 2.22. The van der Waals surface area contributed by atoms with Gasteiger partial charge in [0.05, 0.1) is 5.70 Å². The Hall–Kier alpha value is -1.88. The van der Waals surface area contributed by atoms with Gasteiger partial charge in [-0.2, -0.15) is 0 Å². The van der Waals surface area contributed by atoms with Crippen molar-refractivity contribution in [1.82, 2.24) is 9.97 Å². The summed E-state index contributed by atoms with van der Waals surface area (Å²) in [4.78, 5) is 9.78. The molecule has 1 aromatic heterocycles. The van der Waals surface area contributed by atoms with E-state index >= 15 is 0 Å². The topological polar surface area (TPSA) is 75.3 Å². The highest BCUT2D eigenvalue weighted by molar-refractivity contribution is 5.47. The van der Waals surface area contributed by atoms with Gasteiger partial charge >= 0.3 is 0 Å².